The minimum absolute atomic E-state index is 0.178. The Balaban J connectivity index is 2.10. The predicted molar refractivity (Wildman–Crippen MR) is 86.3 cm³/mol. The van der Waals surface area contributed by atoms with E-state index in [2.05, 4.69) is 21.8 Å². The van der Waals surface area contributed by atoms with Gasteiger partial charge in [-0.25, -0.2) is 14.4 Å². The summed E-state index contributed by atoms with van der Waals surface area (Å²) in [6.07, 6.45) is 1.81. The molecule has 0 amide bonds. The Kier molecular flexibility index (Phi) is 4.07. The number of nitrogens with two attached hydrogens (primary N) is 1. The zero-order chi connectivity index (χ0) is 15.7. The summed E-state index contributed by atoms with van der Waals surface area (Å²) in [6, 6.07) is 6.81. The van der Waals surface area contributed by atoms with Crippen LogP contribution in [0.25, 0.3) is 11.4 Å². The molecule has 1 aromatic heterocycles. The van der Waals surface area contributed by atoms with Gasteiger partial charge in [-0.15, -0.1) is 0 Å². The zero-order valence-corrected chi connectivity index (χ0v) is 13.0. The molecule has 1 unspecified atom stereocenters. The van der Waals surface area contributed by atoms with Crippen LogP contribution in [0.5, 0.6) is 0 Å². The smallest absolute Gasteiger partial charge is 0.164 e. The number of aromatic nitrogens is 2. The van der Waals surface area contributed by atoms with Crippen molar-refractivity contribution in [3.63, 3.8) is 0 Å². The number of anilines is 1. The lowest BCUT2D eigenvalue weighted by Gasteiger charge is -2.22. The lowest BCUT2D eigenvalue weighted by Crippen LogP contribution is -2.28. The Hall–Kier alpha value is -2.01. The molecule has 1 aromatic carbocycles. The Bertz CT molecular complexity index is 686. The number of benzene rings is 1. The monoisotopic (exact) mass is 300 g/mol. The number of nitrogens with zero attached hydrogens (tertiary/aromatic N) is 3. The van der Waals surface area contributed by atoms with Crippen LogP contribution in [0.4, 0.5) is 10.2 Å². The lowest BCUT2D eigenvalue weighted by molar-refractivity contribution is 0.629. The maximum absolute atomic E-state index is 14.0. The van der Waals surface area contributed by atoms with Crippen LogP contribution in [-0.4, -0.2) is 29.1 Å². The quantitative estimate of drug-likeness (QED) is 0.947. The second-order valence-corrected chi connectivity index (χ2v) is 5.76. The highest BCUT2D eigenvalue weighted by atomic mass is 19.1. The fraction of sp³-hybridized carbons (Fsp3) is 0.412. The maximum Gasteiger partial charge on any atom is 0.164 e. The van der Waals surface area contributed by atoms with Gasteiger partial charge in [-0.1, -0.05) is 19.1 Å². The van der Waals surface area contributed by atoms with E-state index in [1.54, 1.807) is 18.2 Å². The standard InChI is InChI=1S/C17H21FN4/c1-3-13-11(2)20-16(14-6-4-5-7-15(14)18)21-17(13)22-9-8-12(19)10-22/h4-7,12H,3,8-10,19H2,1-2H3. The topological polar surface area (TPSA) is 55.0 Å². The Morgan fingerprint density at radius 1 is 1.32 bits per heavy atom. The summed E-state index contributed by atoms with van der Waals surface area (Å²) in [7, 11) is 0. The average Bonchev–Trinajstić information content (AvgIpc) is 2.93. The second kappa shape index (κ2) is 6.01. The van der Waals surface area contributed by atoms with E-state index in [0.29, 0.717) is 11.4 Å². The largest absolute Gasteiger partial charge is 0.355 e. The number of halogens is 1. The minimum atomic E-state index is -0.296. The molecule has 1 aliphatic rings. The summed E-state index contributed by atoms with van der Waals surface area (Å²) >= 11 is 0. The second-order valence-electron chi connectivity index (χ2n) is 5.76. The van der Waals surface area contributed by atoms with E-state index < -0.39 is 0 Å². The van der Waals surface area contributed by atoms with E-state index >= 15 is 0 Å². The first-order chi connectivity index (χ1) is 10.6. The van der Waals surface area contributed by atoms with Gasteiger partial charge in [0.05, 0.1) is 5.56 Å². The third kappa shape index (κ3) is 2.68. The maximum atomic E-state index is 14.0. The van der Waals surface area contributed by atoms with E-state index in [-0.39, 0.29) is 11.9 Å². The Morgan fingerprint density at radius 3 is 2.73 bits per heavy atom. The van der Waals surface area contributed by atoms with Crippen LogP contribution in [0.2, 0.25) is 0 Å². The number of hydrogen-bond donors (Lipinski definition) is 1. The third-order valence-electron chi connectivity index (χ3n) is 4.18. The van der Waals surface area contributed by atoms with E-state index in [1.165, 1.54) is 6.07 Å². The fourth-order valence-electron chi connectivity index (χ4n) is 3.00. The van der Waals surface area contributed by atoms with E-state index in [1.807, 2.05) is 6.92 Å². The fourth-order valence-corrected chi connectivity index (χ4v) is 3.00. The molecule has 116 valence electrons. The summed E-state index contributed by atoms with van der Waals surface area (Å²) in [5, 5.41) is 0. The van der Waals surface area contributed by atoms with Crippen molar-refractivity contribution in [3.8, 4) is 11.4 Å². The van der Waals surface area contributed by atoms with Crippen molar-refractivity contribution >= 4 is 5.82 Å². The summed E-state index contributed by atoms with van der Waals surface area (Å²) in [4.78, 5) is 11.4. The first kappa shape index (κ1) is 14.9. The first-order valence-electron chi connectivity index (χ1n) is 7.73. The summed E-state index contributed by atoms with van der Waals surface area (Å²) in [6.45, 7) is 5.74. The zero-order valence-electron chi connectivity index (χ0n) is 13.0. The van der Waals surface area contributed by atoms with Gasteiger partial charge in [-0.05, 0) is 31.9 Å². The lowest BCUT2D eigenvalue weighted by atomic mass is 10.1. The van der Waals surface area contributed by atoms with Crippen molar-refractivity contribution in [2.75, 3.05) is 18.0 Å². The molecule has 2 N–H and O–H groups in total. The van der Waals surface area contributed by atoms with Gasteiger partial charge < -0.3 is 10.6 Å². The Labute approximate surface area is 130 Å². The van der Waals surface area contributed by atoms with Gasteiger partial charge in [-0.3, -0.25) is 0 Å². The highest BCUT2D eigenvalue weighted by Crippen LogP contribution is 2.28. The molecule has 5 heteroatoms. The third-order valence-corrected chi connectivity index (χ3v) is 4.18. The molecule has 0 saturated carbocycles. The molecule has 2 aromatic rings. The molecule has 1 atom stereocenters. The molecule has 0 radical (unpaired) electrons. The molecule has 1 fully saturated rings. The highest BCUT2D eigenvalue weighted by Gasteiger charge is 2.24. The summed E-state index contributed by atoms with van der Waals surface area (Å²) < 4.78 is 14.0. The van der Waals surface area contributed by atoms with Crippen molar-refractivity contribution in [2.45, 2.75) is 32.7 Å². The van der Waals surface area contributed by atoms with Crippen LogP contribution >= 0.6 is 0 Å². The molecule has 1 aliphatic heterocycles. The molecule has 0 bridgehead atoms. The van der Waals surface area contributed by atoms with Crippen molar-refractivity contribution in [2.24, 2.45) is 5.73 Å². The van der Waals surface area contributed by atoms with Gasteiger partial charge in [0, 0.05) is 30.4 Å². The molecule has 3 rings (SSSR count). The van der Waals surface area contributed by atoms with E-state index in [0.717, 1.165) is 43.0 Å². The van der Waals surface area contributed by atoms with Crippen molar-refractivity contribution < 1.29 is 4.39 Å². The molecule has 0 aliphatic carbocycles. The summed E-state index contributed by atoms with van der Waals surface area (Å²) in [5.74, 6) is 1.06. The van der Waals surface area contributed by atoms with Crippen molar-refractivity contribution in [1.82, 2.24) is 9.97 Å². The van der Waals surface area contributed by atoms with Crippen LogP contribution in [-0.2, 0) is 6.42 Å². The first-order valence-corrected chi connectivity index (χ1v) is 7.73. The van der Waals surface area contributed by atoms with Gasteiger partial charge >= 0.3 is 0 Å². The molecule has 0 spiro atoms. The van der Waals surface area contributed by atoms with Gasteiger partial charge in [0.15, 0.2) is 5.82 Å². The number of hydrogen-bond acceptors (Lipinski definition) is 4. The summed E-state index contributed by atoms with van der Waals surface area (Å²) in [5.41, 5.74) is 8.49. The van der Waals surface area contributed by atoms with E-state index in [4.69, 9.17) is 5.73 Å². The Morgan fingerprint density at radius 2 is 2.09 bits per heavy atom. The normalized spacial score (nSPS) is 18.0. The average molecular weight is 300 g/mol. The molecule has 1 saturated heterocycles. The molecule has 22 heavy (non-hydrogen) atoms. The van der Waals surface area contributed by atoms with E-state index in [9.17, 15) is 4.39 Å². The predicted octanol–water partition coefficient (Wildman–Crippen LogP) is 2.69. The SMILES string of the molecule is CCc1c(C)nc(-c2ccccc2F)nc1N1CCC(N)C1. The van der Waals surface area contributed by atoms with Gasteiger partial charge in [-0.2, -0.15) is 0 Å². The van der Waals surface area contributed by atoms with Crippen LogP contribution in [0.3, 0.4) is 0 Å². The number of rotatable bonds is 3. The highest BCUT2D eigenvalue weighted by molar-refractivity contribution is 5.61. The molecular weight excluding hydrogens is 279 g/mol. The van der Waals surface area contributed by atoms with Gasteiger partial charge in [0.25, 0.3) is 0 Å². The van der Waals surface area contributed by atoms with Gasteiger partial charge in [0.2, 0.25) is 0 Å². The van der Waals surface area contributed by atoms with Crippen LogP contribution in [0.15, 0.2) is 24.3 Å². The minimum Gasteiger partial charge on any atom is -0.355 e. The van der Waals surface area contributed by atoms with Crippen LogP contribution < -0.4 is 10.6 Å². The number of aryl methyl sites for hydroxylation is 1. The molecular formula is C17H21FN4. The van der Waals surface area contributed by atoms with Crippen LogP contribution in [0.1, 0.15) is 24.6 Å². The van der Waals surface area contributed by atoms with Crippen molar-refractivity contribution in [3.05, 3.63) is 41.3 Å². The molecule has 2 heterocycles. The molecule has 4 nitrogen and oxygen atoms in total. The van der Waals surface area contributed by atoms with Crippen molar-refractivity contribution in [1.29, 1.82) is 0 Å². The van der Waals surface area contributed by atoms with Gasteiger partial charge in [0.1, 0.15) is 11.6 Å². The van der Waals surface area contributed by atoms with Crippen LogP contribution in [0, 0.1) is 12.7 Å².